The van der Waals surface area contributed by atoms with Crippen LogP contribution in [0.15, 0.2) is 34.7 Å². The predicted octanol–water partition coefficient (Wildman–Crippen LogP) is 2.82. The van der Waals surface area contributed by atoms with Crippen LogP contribution in [0.3, 0.4) is 0 Å². The Bertz CT molecular complexity index is 650. The van der Waals surface area contributed by atoms with Crippen LogP contribution >= 0.6 is 0 Å². The van der Waals surface area contributed by atoms with E-state index in [4.69, 9.17) is 0 Å². The highest BCUT2D eigenvalue weighted by molar-refractivity contribution is 7.89. The van der Waals surface area contributed by atoms with Crippen molar-refractivity contribution in [1.29, 1.82) is 0 Å². The van der Waals surface area contributed by atoms with Gasteiger partial charge in [0.1, 0.15) is 0 Å². The second-order valence-electron chi connectivity index (χ2n) is 5.75. The predicted molar refractivity (Wildman–Crippen MR) is 85.0 cm³/mol. The van der Waals surface area contributed by atoms with Gasteiger partial charge in [0.05, 0.1) is 4.90 Å². The number of hydrogen-bond donors (Lipinski definition) is 2. The van der Waals surface area contributed by atoms with Crippen molar-refractivity contribution >= 4 is 15.7 Å². The summed E-state index contributed by atoms with van der Waals surface area (Å²) in [5.74, 6) is 0. The third-order valence-corrected chi connectivity index (χ3v) is 5.66. The minimum atomic E-state index is -3.40. The summed E-state index contributed by atoms with van der Waals surface area (Å²) in [6.45, 7) is 1.40. The van der Waals surface area contributed by atoms with Gasteiger partial charge in [-0.05, 0) is 56.2 Å². The van der Waals surface area contributed by atoms with E-state index in [1.54, 1.807) is 12.1 Å². The average Bonchev–Trinajstić information content (AvgIpc) is 3.00. The zero-order valence-electron chi connectivity index (χ0n) is 12.2. The number of anilines is 1. The van der Waals surface area contributed by atoms with Gasteiger partial charge in [-0.3, -0.25) is 0 Å². The first kappa shape index (κ1) is 14.6. The lowest BCUT2D eigenvalue weighted by Crippen LogP contribution is -2.25. The summed E-state index contributed by atoms with van der Waals surface area (Å²) in [6, 6.07) is 5.39. The number of sulfonamides is 1. The molecule has 2 N–H and O–H groups in total. The number of aryl methyl sites for hydroxylation is 1. The first-order valence-electron chi connectivity index (χ1n) is 7.69. The number of nitrogens with one attached hydrogen (secondary N) is 2. The Labute approximate surface area is 126 Å². The maximum atomic E-state index is 12.3. The van der Waals surface area contributed by atoms with Crippen molar-refractivity contribution in [3.63, 3.8) is 0 Å². The average molecular weight is 306 g/mol. The van der Waals surface area contributed by atoms with Gasteiger partial charge in [0, 0.05) is 18.8 Å². The summed E-state index contributed by atoms with van der Waals surface area (Å²) in [6.07, 6.45) is 8.64. The third kappa shape index (κ3) is 3.47. The van der Waals surface area contributed by atoms with Crippen molar-refractivity contribution in [1.82, 2.24) is 4.72 Å². The highest BCUT2D eigenvalue weighted by Crippen LogP contribution is 2.25. The van der Waals surface area contributed by atoms with E-state index in [0.29, 0.717) is 11.4 Å². The van der Waals surface area contributed by atoms with Gasteiger partial charge in [-0.25, -0.2) is 13.1 Å². The smallest absolute Gasteiger partial charge is 0.240 e. The summed E-state index contributed by atoms with van der Waals surface area (Å²) in [7, 11) is -3.40. The molecule has 0 spiro atoms. The van der Waals surface area contributed by atoms with Crippen molar-refractivity contribution < 1.29 is 8.42 Å². The quantitative estimate of drug-likeness (QED) is 0.822. The van der Waals surface area contributed by atoms with Crippen LogP contribution in [0.4, 0.5) is 5.69 Å². The molecule has 1 aromatic carbocycles. The third-order valence-electron chi connectivity index (χ3n) is 4.20. The molecule has 0 saturated carbocycles. The van der Waals surface area contributed by atoms with Crippen LogP contribution in [0.5, 0.6) is 0 Å². The van der Waals surface area contributed by atoms with E-state index in [1.165, 1.54) is 17.6 Å². The maximum Gasteiger partial charge on any atom is 0.240 e. The van der Waals surface area contributed by atoms with Crippen molar-refractivity contribution in [3.05, 3.63) is 35.4 Å². The Morgan fingerprint density at radius 1 is 1.19 bits per heavy atom. The summed E-state index contributed by atoms with van der Waals surface area (Å²) in [5.41, 5.74) is 3.55. The second-order valence-corrected chi connectivity index (χ2v) is 7.52. The SMILES string of the molecule is O=S(=O)(NCCC1=CCCC1)c1ccc2c(c1)NCCC2. The summed E-state index contributed by atoms with van der Waals surface area (Å²) in [5, 5.41) is 3.27. The molecule has 0 bridgehead atoms. The lowest BCUT2D eigenvalue weighted by Gasteiger charge is -2.18. The van der Waals surface area contributed by atoms with E-state index in [0.717, 1.165) is 44.3 Å². The largest absolute Gasteiger partial charge is 0.385 e. The molecule has 2 aliphatic rings. The zero-order valence-corrected chi connectivity index (χ0v) is 13.0. The van der Waals surface area contributed by atoms with Crippen LogP contribution in [-0.2, 0) is 16.4 Å². The molecule has 0 radical (unpaired) electrons. The van der Waals surface area contributed by atoms with Crippen LogP contribution in [-0.4, -0.2) is 21.5 Å². The Morgan fingerprint density at radius 2 is 2.10 bits per heavy atom. The van der Waals surface area contributed by atoms with Gasteiger partial charge >= 0.3 is 0 Å². The van der Waals surface area contributed by atoms with E-state index < -0.39 is 10.0 Å². The second kappa shape index (κ2) is 6.20. The van der Waals surface area contributed by atoms with Crippen LogP contribution in [0.2, 0.25) is 0 Å². The van der Waals surface area contributed by atoms with E-state index in [9.17, 15) is 8.42 Å². The van der Waals surface area contributed by atoms with Crippen molar-refractivity contribution in [2.75, 3.05) is 18.4 Å². The van der Waals surface area contributed by atoms with E-state index in [-0.39, 0.29) is 0 Å². The zero-order chi connectivity index (χ0) is 14.7. The van der Waals surface area contributed by atoms with E-state index >= 15 is 0 Å². The molecule has 3 rings (SSSR count). The Balaban J connectivity index is 1.66. The minimum absolute atomic E-state index is 0.357. The molecule has 0 saturated heterocycles. The lowest BCUT2D eigenvalue weighted by atomic mass is 10.0. The molecular weight excluding hydrogens is 284 g/mol. The Morgan fingerprint density at radius 3 is 2.90 bits per heavy atom. The number of benzene rings is 1. The number of hydrogen-bond acceptors (Lipinski definition) is 3. The Kier molecular flexibility index (Phi) is 4.31. The molecule has 4 nitrogen and oxygen atoms in total. The topological polar surface area (TPSA) is 58.2 Å². The van der Waals surface area contributed by atoms with E-state index in [1.807, 2.05) is 6.07 Å². The summed E-state index contributed by atoms with van der Waals surface area (Å²) in [4.78, 5) is 0.357. The van der Waals surface area contributed by atoms with Crippen LogP contribution in [0.1, 0.15) is 37.7 Å². The van der Waals surface area contributed by atoms with Gasteiger partial charge in [-0.1, -0.05) is 17.7 Å². The van der Waals surface area contributed by atoms with Crippen molar-refractivity contribution in [3.8, 4) is 0 Å². The summed E-state index contributed by atoms with van der Waals surface area (Å²) < 4.78 is 27.4. The molecule has 21 heavy (non-hydrogen) atoms. The van der Waals surface area contributed by atoms with Gasteiger partial charge in [0.15, 0.2) is 0 Å². The van der Waals surface area contributed by atoms with Crippen molar-refractivity contribution in [2.24, 2.45) is 0 Å². The number of rotatable bonds is 5. The molecule has 0 unspecified atom stereocenters. The molecule has 0 aromatic heterocycles. The fourth-order valence-electron chi connectivity index (χ4n) is 3.00. The fourth-order valence-corrected chi connectivity index (χ4v) is 4.06. The molecule has 5 heteroatoms. The van der Waals surface area contributed by atoms with Gasteiger partial charge in [0.25, 0.3) is 0 Å². The Hall–Kier alpha value is -1.33. The monoisotopic (exact) mass is 306 g/mol. The summed E-state index contributed by atoms with van der Waals surface area (Å²) >= 11 is 0. The normalized spacial score (nSPS) is 18.0. The molecule has 1 heterocycles. The molecule has 114 valence electrons. The standard InChI is InChI=1S/C16H22N2O2S/c19-21(20,18-11-9-13-4-1-2-5-13)15-8-7-14-6-3-10-17-16(14)12-15/h4,7-8,12,17-18H,1-3,5-6,9-11H2. The highest BCUT2D eigenvalue weighted by Gasteiger charge is 2.17. The van der Waals surface area contributed by atoms with Crippen LogP contribution in [0.25, 0.3) is 0 Å². The maximum absolute atomic E-state index is 12.3. The first-order chi connectivity index (χ1) is 10.1. The number of allylic oxidation sites excluding steroid dienone is 1. The first-order valence-corrected chi connectivity index (χ1v) is 9.18. The molecule has 0 fully saturated rings. The molecule has 1 aromatic rings. The molecule has 0 amide bonds. The molecule has 1 aliphatic carbocycles. The minimum Gasteiger partial charge on any atom is -0.385 e. The van der Waals surface area contributed by atoms with Gasteiger partial charge in [-0.2, -0.15) is 0 Å². The lowest BCUT2D eigenvalue weighted by molar-refractivity contribution is 0.581. The molecule has 0 atom stereocenters. The molecular formula is C16H22N2O2S. The van der Waals surface area contributed by atoms with Crippen LogP contribution in [0, 0.1) is 0 Å². The molecule has 1 aliphatic heterocycles. The fraction of sp³-hybridized carbons (Fsp3) is 0.500. The number of fused-ring (bicyclic) bond motifs is 1. The van der Waals surface area contributed by atoms with E-state index in [2.05, 4.69) is 16.1 Å². The van der Waals surface area contributed by atoms with Gasteiger partial charge in [-0.15, -0.1) is 0 Å². The van der Waals surface area contributed by atoms with Gasteiger partial charge in [0.2, 0.25) is 10.0 Å². The van der Waals surface area contributed by atoms with Crippen LogP contribution < -0.4 is 10.0 Å². The van der Waals surface area contributed by atoms with Gasteiger partial charge < -0.3 is 5.32 Å². The van der Waals surface area contributed by atoms with Crippen molar-refractivity contribution in [2.45, 2.75) is 43.4 Å². The highest BCUT2D eigenvalue weighted by atomic mass is 32.2.